The number of carbonyl (C=O) groups excluding carboxylic acids is 1. The summed E-state index contributed by atoms with van der Waals surface area (Å²) in [6, 6.07) is 10.6. The third-order valence-electron chi connectivity index (χ3n) is 8.16. The Labute approximate surface area is 211 Å². The summed E-state index contributed by atoms with van der Waals surface area (Å²) in [5.41, 5.74) is 13.4. The van der Waals surface area contributed by atoms with Gasteiger partial charge in [0.1, 0.15) is 17.0 Å². The highest BCUT2D eigenvalue weighted by atomic mass is 16.2. The van der Waals surface area contributed by atoms with Crippen LogP contribution in [0.25, 0.3) is 28.1 Å². The average molecular weight is 483 g/mol. The van der Waals surface area contributed by atoms with Crippen molar-refractivity contribution in [1.29, 1.82) is 0 Å². The highest BCUT2D eigenvalue weighted by molar-refractivity contribution is 5.95. The summed E-state index contributed by atoms with van der Waals surface area (Å²) in [5, 5.41) is 1.18. The lowest BCUT2D eigenvalue weighted by atomic mass is 10.1. The van der Waals surface area contributed by atoms with Gasteiger partial charge < -0.3 is 19.6 Å². The molecule has 4 aromatic heterocycles. The largest absolute Gasteiger partial charge is 0.337 e. The number of carbonyl (C=O) groups is 1. The molecule has 186 valence electrons. The van der Waals surface area contributed by atoms with Gasteiger partial charge in [-0.25, -0.2) is 9.97 Å². The van der Waals surface area contributed by atoms with Crippen molar-refractivity contribution in [2.75, 3.05) is 13.1 Å². The monoisotopic (exact) mass is 482 g/mol. The summed E-state index contributed by atoms with van der Waals surface area (Å²) < 4.78 is 4.64. The lowest BCUT2D eigenvalue weighted by Gasteiger charge is -2.30. The van der Waals surface area contributed by atoms with Gasteiger partial charge in [-0.3, -0.25) is 4.79 Å². The van der Waals surface area contributed by atoms with Crippen LogP contribution in [-0.4, -0.2) is 48.9 Å². The van der Waals surface area contributed by atoms with Gasteiger partial charge in [-0.1, -0.05) is 6.92 Å². The molecule has 36 heavy (non-hydrogen) atoms. The van der Waals surface area contributed by atoms with Crippen LogP contribution >= 0.6 is 0 Å². The van der Waals surface area contributed by atoms with Crippen LogP contribution in [0.4, 0.5) is 0 Å². The van der Waals surface area contributed by atoms with E-state index >= 15 is 0 Å². The van der Waals surface area contributed by atoms with E-state index < -0.39 is 0 Å². The smallest absolute Gasteiger partial charge is 0.254 e. The summed E-state index contributed by atoms with van der Waals surface area (Å²) in [6.45, 7) is 4.56. The zero-order valence-corrected chi connectivity index (χ0v) is 21.0. The lowest BCUT2D eigenvalue weighted by molar-refractivity contribution is 0.0709. The van der Waals surface area contributed by atoms with E-state index in [1.807, 2.05) is 17.0 Å². The number of fused-ring (bicyclic) bond motifs is 2. The normalized spacial score (nSPS) is 20.5. The molecule has 1 atom stereocenters. The fourth-order valence-corrected chi connectivity index (χ4v) is 5.81. The number of amides is 1. The first-order chi connectivity index (χ1) is 17.6. The molecule has 1 saturated heterocycles. The van der Waals surface area contributed by atoms with Crippen LogP contribution in [-0.2, 0) is 13.0 Å². The minimum atomic E-state index is 0.0595. The number of aromatic nitrogens is 4. The summed E-state index contributed by atoms with van der Waals surface area (Å²) in [7, 11) is 0. The molecule has 7 nitrogen and oxygen atoms in total. The Morgan fingerprint density at radius 2 is 1.94 bits per heavy atom. The average Bonchev–Trinajstić information content (AvgIpc) is 3.83. The maximum atomic E-state index is 13.3. The van der Waals surface area contributed by atoms with Crippen LogP contribution in [0.15, 0.2) is 36.5 Å². The van der Waals surface area contributed by atoms with E-state index in [2.05, 4.69) is 40.3 Å². The van der Waals surface area contributed by atoms with Gasteiger partial charge in [-0.15, -0.1) is 0 Å². The molecule has 0 radical (unpaired) electrons. The van der Waals surface area contributed by atoms with E-state index in [1.54, 1.807) is 0 Å². The van der Waals surface area contributed by atoms with E-state index in [9.17, 15) is 4.79 Å². The zero-order valence-electron chi connectivity index (χ0n) is 21.0. The van der Waals surface area contributed by atoms with Crippen LogP contribution in [0.3, 0.4) is 0 Å². The number of likely N-dealkylation sites (tertiary alicyclic amines) is 1. The molecule has 5 heterocycles. The molecule has 2 aliphatic carbocycles. The second kappa shape index (κ2) is 8.44. The Balaban J connectivity index is 1.35. The van der Waals surface area contributed by atoms with Gasteiger partial charge in [-0.05, 0) is 81.2 Å². The first-order valence-corrected chi connectivity index (χ1v) is 13.7. The molecule has 1 unspecified atom stereocenters. The second-order valence-electron chi connectivity index (χ2n) is 11.1. The van der Waals surface area contributed by atoms with Gasteiger partial charge in [-0.2, -0.15) is 0 Å². The number of aryl methyl sites for hydroxylation is 1. The third-order valence-corrected chi connectivity index (χ3v) is 8.16. The Morgan fingerprint density at radius 1 is 1.08 bits per heavy atom. The van der Waals surface area contributed by atoms with Crippen molar-refractivity contribution in [1.82, 2.24) is 23.8 Å². The standard InChI is InChI=1S/C29H34N6O/c1-2-23-10-9-20-14-24(35(28(20)31-23)16-18-5-6-18)26-27(19-7-8-19)34-13-11-21(15-25(34)32-26)29(36)33-12-3-4-22(30)17-33/h9-11,13-15,18-19,22H,2-8,12,16-17,30H2,1H3. The summed E-state index contributed by atoms with van der Waals surface area (Å²) in [5.74, 6) is 1.31. The van der Waals surface area contributed by atoms with Crippen LogP contribution < -0.4 is 5.73 Å². The molecule has 0 aromatic carbocycles. The molecular weight excluding hydrogens is 448 g/mol. The molecule has 0 bridgehead atoms. The van der Waals surface area contributed by atoms with Crippen molar-refractivity contribution in [2.24, 2.45) is 11.7 Å². The maximum Gasteiger partial charge on any atom is 0.254 e. The molecule has 2 saturated carbocycles. The fraction of sp³-hybridized carbons (Fsp3) is 0.483. The van der Waals surface area contributed by atoms with Gasteiger partial charge in [0.25, 0.3) is 5.91 Å². The molecule has 1 amide bonds. The number of nitrogens with two attached hydrogens (primary N) is 1. The van der Waals surface area contributed by atoms with Gasteiger partial charge in [0.05, 0.1) is 11.4 Å². The molecule has 0 spiro atoms. The second-order valence-corrected chi connectivity index (χ2v) is 11.1. The SMILES string of the molecule is CCc1ccc2cc(-c3nc4cc(C(=O)N5CCCC(N)C5)ccn4c3C3CC3)n(CC3CC3)c2n1. The van der Waals surface area contributed by atoms with Gasteiger partial charge >= 0.3 is 0 Å². The van der Waals surface area contributed by atoms with E-state index in [4.69, 9.17) is 15.7 Å². The number of piperidine rings is 1. The summed E-state index contributed by atoms with van der Waals surface area (Å²) >= 11 is 0. The molecular formula is C29H34N6O. The van der Waals surface area contributed by atoms with Gasteiger partial charge in [0, 0.05) is 54.4 Å². The highest BCUT2D eigenvalue weighted by Gasteiger charge is 2.34. The zero-order chi connectivity index (χ0) is 24.4. The lowest BCUT2D eigenvalue weighted by Crippen LogP contribution is -2.45. The number of rotatable bonds is 6. The molecule has 7 rings (SSSR count). The Bertz CT molecular complexity index is 1470. The van der Waals surface area contributed by atoms with Crippen LogP contribution in [0.2, 0.25) is 0 Å². The van der Waals surface area contributed by atoms with Crippen LogP contribution in [0, 0.1) is 5.92 Å². The van der Waals surface area contributed by atoms with E-state index in [1.165, 1.54) is 36.8 Å². The van der Waals surface area contributed by atoms with Crippen molar-refractivity contribution in [3.8, 4) is 11.4 Å². The Morgan fingerprint density at radius 3 is 2.69 bits per heavy atom. The molecule has 4 aromatic rings. The molecule has 1 aliphatic heterocycles. The van der Waals surface area contributed by atoms with Crippen molar-refractivity contribution in [3.05, 3.63) is 53.5 Å². The predicted octanol–water partition coefficient (Wildman–Crippen LogP) is 4.76. The quantitative estimate of drug-likeness (QED) is 0.429. The number of nitrogens with zero attached hydrogens (tertiary/aromatic N) is 5. The number of hydrogen-bond acceptors (Lipinski definition) is 4. The minimum absolute atomic E-state index is 0.0595. The van der Waals surface area contributed by atoms with Crippen molar-refractivity contribution >= 4 is 22.6 Å². The Hall–Kier alpha value is -3.19. The van der Waals surface area contributed by atoms with Crippen molar-refractivity contribution in [2.45, 2.75) is 70.4 Å². The van der Waals surface area contributed by atoms with Crippen LogP contribution in [0.5, 0.6) is 0 Å². The first kappa shape index (κ1) is 22.0. The molecule has 7 heteroatoms. The number of imidazole rings is 1. The van der Waals surface area contributed by atoms with Crippen LogP contribution in [0.1, 0.15) is 73.1 Å². The highest BCUT2D eigenvalue weighted by Crippen LogP contribution is 2.46. The number of hydrogen-bond donors (Lipinski definition) is 1. The molecule has 3 fully saturated rings. The topological polar surface area (TPSA) is 81.5 Å². The predicted molar refractivity (Wildman–Crippen MR) is 141 cm³/mol. The fourth-order valence-electron chi connectivity index (χ4n) is 5.81. The van der Waals surface area contributed by atoms with Crippen molar-refractivity contribution in [3.63, 3.8) is 0 Å². The number of pyridine rings is 2. The van der Waals surface area contributed by atoms with E-state index in [0.717, 1.165) is 66.6 Å². The summed E-state index contributed by atoms with van der Waals surface area (Å²) in [6.07, 6.45) is 9.90. The molecule has 3 aliphatic rings. The Kier molecular flexibility index (Phi) is 5.17. The third kappa shape index (κ3) is 3.81. The van der Waals surface area contributed by atoms with Gasteiger partial charge in [0.2, 0.25) is 0 Å². The van der Waals surface area contributed by atoms with E-state index in [0.29, 0.717) is 18.0 Å². The maximum absolute atomic E-state index is 13.3. The van der Waals surface area contributed by atoms with Gasteiger partial charge in [0.15, 0.2) is 0 Å². The summed E-state index contributed by atoms with van der Waals surface area (Å²) in [4.78, 5) is 25.4. The molecule has 2 N–H and O–H groups in total. The first-order valence-electron chi connectivity index (χ1n) is 13.7. The van der Waals surface area contributed by atoms with E-state index in [-0.39, 0.29) is 11.9 Å². The van der Waals surface area contributed by atoms with Crippen molar-refractivity contribution < 1.29 is 4.79 Å². The minimum Gasteiger partial charge on any atom is -0.337 e.